The first-order valence-electron chi connectivity index (χ1n) is 9.40. The quantitative estimate of drug-likeness (QED) is 0.672. The zero-order valence-corrected chi connectivity index (χ0v) is 17.9. The zero-order valence-electron chi connectivity index (χ0n) is 16.3. The van der Waals surface area contributed by atoms with Crippen LogP contribution in [0.4, 0.5) is 0 Å². The van der Waals surface area contributed by atoms with Gasteiger partial charge in [-0.25, -0.2) is 8.42 Å². The van der Waals surface area contributed by atoms with Crippen molar-refractivity contribution in [2.45, 2.75) is 29.9 Å². The molecule has 1 fully saturated rings. The summed E-state index contributed by atoms with van der Waals surface area (Å²) in [4.78, 5) is 0.405. The van der Waals surface area contributed by atoms with E-state index in [1.54, 1.807) is 30.3 Å². The van der Waals surface area contributed by atoms with E-state index in [4.69, 9.17) is 32.2 Å². The lowest BCUT2D eigenvalue weighted by atomic mass is 9.99. The molecule has 0 aromatic heterocycles. The molecule has 2 aromatic carbocycles. The van der Waals surface area contributed by atoms with Crippen molar-refractivity contribution in [3.63, 3.8) is 0 Å². The molecule has 1 aliphatic heterocycles. The summed E-state index contributed by atoms with van der Waals surface area (Å²) in [7, 11) is -3.70. The number of fused-ring (bicyclic) bond motifs is 1. The maximum Gasteiger partial charge on any atom is 0.231 e. The van der Waals surface area contributed by atoms with E-state index < -0.39 is 26.4 Å². The topological polar surface area (TPSA) is 87.9 Å². The molecular weight excluding hydrogens is 410 g/mol. The number of ether oxygens (including phenoxy) is 3. The number of sulfone groups is 1. The summed E-state index contributed by atoms with van der Waals surface area (Å²) >= 11 is 5.38. The third-order valence-electron chi connectivity index (χ3n) is 5.70. The predicted octanol–water partition coefficient (Wildman–Crippen LogP) is 2.97. The van der Waals surface area contributed by atoms with Crippen molar-refractivity contribution in [2.24, 2.45) is 11.1 Å². The van der Waals surface area contributed by atoms with Gasteiger partial charge in [-0.3, -0.25) is 0 Å². The summed E-state index contributed by atoms with van der Waals surface area (Å²) in [5, 5.41) is -0.804. The molecule has 29 heavy (non-hydrogen) atoms. The van der Waals surface area contributed by atoms with Crippen LogP contribution < -0.4 is 15.2 Å². The van der Waals surface area contributed by atoms with E-state index in [2.05, 4.69) is 0 Å². The van der Waals surface area contributed by atoms with Crippen LogP contribution in [0, 0.1) is 12.3 Å². The van der Waals surface area contributed by atoms with Gasteiger partial charge < -0.3 is 19.9 Å². The van der Waals surface area contributed by atoms with Crippen LogP contribution in [0.5, 0.6) is 11.5 Å². The van der Waals surface area contributed by atoms with Gasteiger partial charge in [0.15, 0.2) is 21.3 Å². The molecule has 3 atom stereocenters. The molecule has 1 aliphatic carbocycles. The second-order valence-corrected chi connectivity index (χ2v) is 9.92. The van der Waals surface area contributed by atoms with Crippen LogP contribution >= 0.6 is 12.2 Å². The van der Waals surface area contributed by atoms with Crippen LogP contribution in [0.2, 0.25) is 0 Å². The molecule has 6 nitrogen and oxygen atoms in total. The minimum atomic E-state index is -3.70. The van der Waals surface area contributed by atoms with Crippen molar-refractivity contribution in [3.05, 3.63) is 53.6 Å². The molecule has 0 saturated heterocycles. The first kappa shape index (κ1) is 20.1. The number of aryl methyl sites for hydroxylation is 1. The fourth-order valence-electron chi connectivity index (χ4n) is 4.12. The minimum absolute atomic E-state index is 0.147. The van der Waals surface area contributed by atoms with Gasteiger partial charge in [0.05, 0.1) is 27.2 Å². The van der Waals surface area contributed by atoms with E-state index in [1.165, 1.54) is 0 Å². The lowest BCUT2D eigenvalue weighted by Crippen LogP contribution is -2.33. The van der Waals surface area contributed by atoms with Gasteiger partial charge in [-0.2, -0.15) is 0 Å². The van der Waals surface area contributed by atoms with Crippen LogP contribution in [0.25, 0.3) is 0 Å². The fourth-order valence-corrected chi connectivity index (χ4v) is 6.89. The third-order valence-corrected chi connectivity index (χ3v) is 8.37. The highest BCUT2D eigenvalue weighted by Crippen LogP contribution is 2.65. The number of thiocarbonyl (C=S) groups is 1. The summed E-state index contributed by atoms with van der Waals surface area (Å²) in [6, 6.07) is 12.3. The number of hydrogen-bond donors (Lipinski definition) is 1. The molecule has 1 saturated carbocycles. The molecule has 1 heterocycles. The SMILES string of the molecule is CCOC[C@@]1(C(N)=S)[C@H](S(=O)(=O)c2ccc(C)cc2)[C@@H]1c1ccc2c(c1)OCO2. The van der Waals surface area contributed by atoms with Crippen LogP contribution in [0.3, 0.4) is 0 Å². The Bertz CT molecular complexity index is 1050. The van der Waals surface area contributed by atoms with E-state index in [0.717, 1.165) is 11.1 Å². The molecule has 0 unspecified atom stereocenters. The van der Waals surface area contributed by atoms with Crippen LogP contribution in [-0.4, -0.2) is 38.7 Å². The summed E-state index contributed by atoms with van der Waals surface area (Å²) in [6.45, 7) is 4.50. The number of hydrogen-bond acceptors (Lipinski definition) is 6. The van der Waals surface area contributed by atoms with Gasteiger partial charge in [0.1, 0.15) is 0 Å². The van der Waals surface area contributed by atoms with Gasteiger partial charge >= 0.3 is 0 Å². The Kier molecular flexibility index (Phi) is 5.04. The van der Waals surface area contributed by atoms with Crippen LogP contribution in [0.15, 0.2) is 47.4 Å². The molecule has 2 aromatic rings. The molecule has 0 spiro atoms. The van der Waals surface area contributed by atoms with E-state index in [0.29, 0.717) is 18.1 Å². The minimum Gasteiger partial charge on any atom is -0.454 e. The Morgan fingerprint density at radius 1 is 1.21 bits per heavy atom. The van der Waals surface area contributed by atoms with Crippen LogP contribution in [0.1, 0.15) is 24.0 Å². The van der Waals surface area contributed by atoms with Crippen molar-refractivity contribution in [1.29, 1.82) is 0 Å². The highest BCUT2D eigenvalue weighted by molar-refractivity contribution is 7.92. The van der Waals surface area contributed by atoms with Gasteiger partial charge in [0.2, 0.25) is 6.79 Å². The molecule has 154 valence electrons. The molecule has 0 bridgehead atoms. The van der Waals surface area contributed by atoms with Gasteiger partial charge in [0, 0.05) is 12.5 Å². The molecule has 2 N–H and O–H groups in total. The fraction of sp³-hybridized carbons (Fsp3) is 0.381. The van der Waals surface area contributed by atoms with E-state index in [-0.39, 0.29) is 23.3 Å². The summed E-state index contributed by atoms with van der Waals surface area (Å²) in [5.74, 6) is 0.805. The Morgan fingerprint density at radius 3 is 2.55 bits per heavy atom. The summed E-state index contributed by atoms with van der Waals surface area (Å²) < 4.78 is 43.7. The highest BCUT2D eigenvalue weighted by atomic mass is 32.2. The van der Waals surface area contributed by atoms with Gasteiger partial charge in [-0.15, -0.1) is 0 Å². The van der Waals surface area contributed by atoms with Crippen molar-refractivity contribution in [1.82, 2.24) is 0 Å². The number of rotatable bonds is 7. The average molecular weight is 434 g/mol. The van der Waals surface area contributed by atoms with Gasteiger partial charge in [-0.05, 0) is 43.7 Å². The monoisotopic (exact) mass is 433 g/mol. The molecule has 4 rings (SSSR count). The first-order chi connectivity index (χ1) is 13.8. The molecule has 0 radical (unpaired) electrons. The van der Waals surface area contributed by atoms with Crippen molar-refractivity contribution >= 4 is 27.0 Å². The van der Waals surface area contributed by atoms with E-state index in [1.807, 2.05) is 26.0 Å². The zero-order chi connectivity index (χ0) is 20.8. The Hall–Kier alpha value is -2.16. The standard InChI is InChI=1S/C21H23NO5S2/c1-3-25-11-21(20(22)28)18(14-6-9-16-17(10-14)27-12-26-16)19(21)29(23,24)15-7-4-13(2)5-8-15/h4-10,18-19H,3,11-12H2,1-2H3,(H2,22,28)/t18-,19+,21-/m0/s1. The first-order valence-corrected chi connectivity index (χ1v) is 11.4. The lowest BCUT2D eigenvalue weighted by Gasteiger charge is -2.17. The van der Waals surface area contributed by atoms with Crippen molar-refractivity contribution in [2.75, 3.05) is 20.0 Å². The number of nitrogens with two attached hydrogens (primary N) is 1. The van der Waals surface area contributed by atoms with Gasteiger partial charge in [0.25, 0.3) is 0 Å². The van der Waals surface area contributed by atoms with E-state index >= 15 is 0 Å². The molecular formula is C21H23NO5S2. The Morgan fingerprint density at radius 2 is 1.90 bits per heavy atom. The lowest BCUT2D eigenvalue weighted by molar-refractivity contribution is 0.121. The molecule has 8 heteroatoms. The highest BCUT2D eigenvalue weighted by Gasteiger charge is 2.73. The second kappa shape index (κ2) is 7.27. The Labute approximate surface area is 175 Å². The smallest absolute Gasteiger partial charge is 0.231 e. The predicted molar refractivity (Wildman–Crippen MR) is 113 cm³/mol. The van der Waals surface area contributed by atoms with E-state index in [9.17, 15) is 8.42 Å². The molecule has 0 amide bonds. The van der Waals surface area contributed by atoms with Crippen molar-refractivity contribution in [3.8, 4) is 11.5 Å². The average Bonchev–Trinajstić information content (AvgIpc) is 3.18. The Balaban J connectivity index is 1.80. The molecule has 2 aliphatic rings. The largest absolute Gasteiger partial charge is 0.454 e. The second-order valence-electron chi connectivity index (χ2n) is 7.41. The third kappa shape index (κ3) is 3.19. The summed E-state index contributed by atoms with van der Waals surface area (Å²) in [6.07, 6.45) is 0. The summed E-state index contributed by atoms with van der Waals surface area (Å²) in [5.41, 5.74) is 6.95. The van der Waals surface area contributed by atoms with Gasteiger partial charge in [-0.1, -0.05) is 36.0 Å². The van der Waals surface area contributed by atoms with Crippen molar-refractivity contribution < 1.29 is 22.6 Å². The van der Waals surface area contributed by atoms with Crippen LogP contribution in [-0.2, 0) is 14.6 Å². The maximum absolute atomic E-state index is 13.6. The maximum atomic E-state index is 13.6. The normalized spacial score (nSPS) is 25.0. The number of benzene rings is 2.